The van der Waals surface area contributed by atoms with Gasteiger partial charge in [0, 0.05) is 30.5 Å². The summed E-state index contributed by atoms with van der Waals surface area (Å²) >= 11 is 0. The predicted octanol–water partition coefficient (Wildman–Crippen LogP) is 0.764. The van der Waals surface area contributed by atoms with Gasteiger partial charge in [0.05, 0.1) is 18.3 Å². The van der Waals surface area contributed by atoms with E-state index in [1.54, 1.807) is 0 Å². The van der Waals surface area contributed by atoms with Crippen molar-refractivity contribution in [1.82, 2.24) is 4.90 Å². The summed E-state index contributed by atoms with van der Waals surface area (Å²) in [4.78, 5) is 2.73. The maximum Gasteiger partial charge on any atom is 0.0679 e. The number of rotatable bonds is 0. The highest BCUT2D eigenvalue weighted by atomic mass is 16.3. The first-order valence-corrected chi connectivity index (χ1v) is 9.83. The largest absolute Gasteiger partial charge is 0.393 e. The van der Waals surface area contributed by atoms with E-state index in [1.807, 2.05) is 0 Å². The fourth-order valence-electron chi connectivity index (χ4n) is 10.7. The van der Waals surface area contributed by atoms with Gasteiger partial charge >= 0.3 is 0 Å². The molecule has 6 saturated carbocycles. The molecular formula is C20H27NO3. The first kappa shape index (κ1) is 13.7. The zero-order chi connectivity index (χ0) is 16.4. The summed E-state index contributed by atoms with van der Waals surface area (Å²) in [5, 5.41) is 33.3. The van der Waals surface area contributed by atoms with Gasteiger partial charge < -0.3 is 15.3 Å². The Bertz CT molecular complexity index is 709. The molecule has 9 rings (SSSR count). The first-order valence-electron chi connectivity index (χ1n) is 9.83. The number of fused-ring (bicyclic) bond motifs is 1. The van der Waals surface area contributed by atoms with Crippen LogP contribution in [0.5, 0.6) is 0 Å². The molecule has 0 aromatic rings. The normalized spacial score (nSPS) is 76.1. The maximum atomic E-state index is 11.3. The van der Waals surface area contributed by atoms with Crippen LogP contribution in [-0.2, 0) is 0 Å². The molecule has 4 heteroatoms. The third-order valence-electron chi connectivity index (χ3n) is 10.1. The van der Waals surface area contributed by atoms with Crippen LogP contribution in [0.15, 0.2) is 12.2 Å². The summed E-state index contributed by atoms with van der Waals surface area (Å²) in [6, 6.07) is 0.999. The third kappa shape index (κ3) is 0.980. The van der Waals surface area contributed by atoms with Gasteiger partial charge in [0.2, 0.25) is 0 Å². The van der Waals surface area contributed by atoms with Gasteiger partial charge in [-0.25, -0.2) is 0 Å². The number of aliphatic hydroxyl groups is 3. The molecular weight excluding hydrogens is 302 g/mol. The average molecular weight is 329 g/mol. The van der Waals surface area contributed by atoms with Crippen molar-refractivity contribution in [1.29, 1.82) is 0 Å². The predicted molar refractivity (Wildman–Crippen MR) is 86.8 cm³/mol. The summed E-state index contributed by atoms with van der Waals surface area (Å²) in [5.74, 6) is 1.02. The number of piperidine rings is 2. The van der Waals surface area contributed by atoms with E-state index in [2.05, 4.69) is 18.4 Å². The van der Waals surface area contributed by atoms with Crippen LogP contribution in [0, 0.1) is 39.9 Å². The van der Waals surface area contributed by atoms with Crippen molar-refractivity contribution >= 4 is 0 Å². The van der Waals surface area contributed by atoms with Crippen molar-refractivity contribution in [3.63, 3.8) is 0 Å². The molecule has 0 radical (unpaired) electrons. The van der Waals surface area contributed by atoms with Crippen LogP contribution in [-0.4, -0.2) is 57.2 Å². The van der Waals surface area contributed by atoms with E-state index < -0.39 is 12.2 Å². The van der Waals surface area contributed by atoms with Crippen molar-refractivity contribution in [3.05, 3.63) is 12.2 Å². The van der Waals surface area contributed by atoms with E-state index in [1.165, 1.54) is 0 Å². The fourth-order valence-corrected chi connectivity index (χ4v) is 10.7. The molecule has 4 nitrogen and oxygen atoms in total. The van der Waals surface area contributed by atoms with Crippen LogP contribution < -0.4 is 0 Å². The maximum absolute atomic E-state index is 11.3. The van der Waals surface area contributed by atoms with Crippen molar-refractivity contribution in [2.75, 3.05) is 6.54 Å². The Labute approximate surface area is 142 Å². The van der Waals surface area contributed by atoms with Crippen molar-refractivity contribution in [2.24, 2.45) is 39.9 Å². The van der Waals surface area contributed by atoms with Gasteiger partial charge in [-0.05, 0) is 53.8 Å². The number of aliphatic hydroxyl groups excluding tert-OH is 3. The second-order valence-corrected chi connectivity index (χ2v) is 10.8. The molecule has 130 valence electrons. The number of hydrogen-bond donors (Lipinski definition) is 3. The zero-order valence-corrected chi connectivity index (χ0v) is 14.2. The Hall–Kier alpha value is -0.420. The molecule has 3 saturated heterocycles. The van der Waals surface area contributed by atoms with Crippen LogP contribution in [0.25, 0.3) is 0 Å². The van der Waals surface area contributed by atoms with Crippen molar-refractivity contribution < 1.29 is 15.3 Å². The molecule has 9 bridgehead atoms. The van der Waals surface area contributed by atoms with Crippen LogP contribution in [0.3, 0.4) is 0 Å². The van der Waals surface area contributed by atoms with E-state index in [4.69, 9.17) is 0 Å². The van der Waals surface area contributed by atoms with Crippen molar-refractivity contribution in [3.8, 4) is 0 Å². The molecule has 9 fully saturated rings. The molecule has 3 aliphatic heterocycles. The molecule has 0 aromatic carbocycles. The molecule has 3 N–H and O–H groups in total. The van der Waals surface area contributed by atoms with E-state index in [-0.39, 0.29) is 40.1 Å². The van der Waals surface area contributed by atoms with Gasteiger partial charge in [-0.2, -0.15) is 0 Å². The second-order valence-electron chi connectivity index (χ2n) is 10.8. The first-order chi connectivity index (χ1) is 11.4. The van der Waals surface area contributed by atoms with Gasteiger partial charge in [0.1, 0.15) is 0 Å². The molecule has 0 aromatic heterocycles. The standard InChI is InChI=1S/C20H27NO3/c1-8-3-19-6-10-15-18(2)4-9(22)5-20(15)16(19)14(24)11(8)13(23)12(19)17(20)21(10)7-18/h9-17,22-24H,1,3-7H2,2H3/t9-,10?,11-,12?,13+,14+,15?,16?,17+,18-,19-,20?/m0/s1. The summed E-state index contributed by atoms with van der Waals surface area (Å²) in [5.41, 5.74) is 1.37. The quantitative estimate of drug-likeness (QED) is 0.574. The third-order valence-corrected chi connectivity index (χ3v) is 10.1. The highest BCUT2D eigenvalue weighted by molar-refractivity contribution is 5.43. The van der Waals surface area contributed by atoms with E-state index in [9.17, 15) is 15.3 Å². The molecule has 6 aliphatic carbocycles. The van der Waals surface area contributed by atoms with Crippen LogP contribution in [0.4, 0.5) is 0 Å². The minimum Gasteiger partial charge on any atom is -0.393 e. The van der Waals surface area contributed by atoms with Crippen molar-refractivity contribution in [2.45, 2.75) is 63.0 Å². The number of hydrogen-bond acceptors (Lipinski definition) is 4. The van der Waals surface area contributed by atoms with Gasteiger partial charge in [0.25, 0.3) is 0 Å². The lowest BCUT2D eigenvalue weighted by Crippen LogP contribution is -2.67. The molecule has 6 unspecified atom stereocenters. The van der Waals surface area contributed by atoms with Gasteiger partial charge in [0.15, 0.2) is 0 Å². The molecule has 3 heterocycles. The highest BCUT2D eigenvalue weighted by Crippen LogP contribution is 2.86. The highest BCUT2D eigenvalue weighted by Gasteiger charge is 2.90. The lowest BCUT2D eigenvalue weighted by Gasteiger charge is -2.65. The van der Waals surface area contributed by atoms with Crippen LogP contribution in [0.2, 0.25) is 0 Å². The molecule has 24 heavy (non-hydrogen) atoms. The minimum absolute atomic E-state index is 0.0358. The topological polar surface area (TPSA) is 63.9 Å². The molecule has 9 aliphatic rings. The number of nitrogens with zero attached hydrogens (tertiary/aromatic N) is 1. The summed E-state index contributed by atoms with van der Waals surface area (Å²) < 4.78 is 0. The summed E-state index contributed by atoms with van der Waals surface area (Å²) in [7, 11) is 0. The zero-order valence-electron chi connectivity index (χ0n) is 14.2. The van der Waals surface area contributed by atoms with Gasteiger partial charge in [-0.3, -0.25) is 4.90 Å². The Morgan fingerprint density at radius 3 is 2.67 bits per heavy atom. The molecule has 2 spiro atoms. The monoisotopic (exact) mass is 329 g/mol. The van der Waals surface area contributed by atoms with Gasteiger partial charge in [-0.15, -0.1) is 0 Å². The lowest BCUT2D eigenvalue weighted by molar-refractivity contribution is -0.213. The smallest absolute Gasteiger partial charge is 0.0679 e. The van der Waals surface area contributed by atoms with E-state index in [0.29, 0.717) is 18.0 Å². The summed E-state index contributed by atoms with van der Waals surface area (Å²) in [6.45, 7) is 7.72. The minimum atomic E-state index is -0.460. The summed E-state index contributed by atoms with van der Waals surface area (Å²) in [6.07, 6.45) is 2.76. The van der Waals surface area contributed by atoms with E-state index >= 15 is 0 Å². The molecule has 13 atom stereocenters. The van der Waals surface area contributed by atoms with E-state index in [0.717, 1.165) is 37.8 Å². The second kappa shape index (κ2) is 3.40. The Morgan fingerprint density at radius 1 is 1.08 bits per heavy atom. The fraction of sp³-hybridized carbons (Fsp3) is 0.900. The SMILES string of the molecule is C=C1C[C@]23CC4C5C67C[C@@H](O)C[C@@]5(C)CN4[C@@H]6C2[C@H](O)[C@H]1[C@@H](O)C73. The average Bonchev–Trinajstić information content (AvgIpc) is 2.88. The van der Waals surface area contributed by atoms with Gasteiger partial charge in [-0.1, -0.05) is 19.1 Å². The Balaban J connectivity index is 1.54. The molecule has 0 amide bonds. The lowest BCUT2D eigenvalue weighted by atomic mass is 9.39. The van der Waals surface area contributed by atoms with Crippen LogP contribution in [0.1, 0.15) is 32.6 Å². The van der Waals surface area contributed by atoms with Crippen LogP contribution >= 0.6 is 0 Å². The Morgan fingerprint density at radius 2 is 1.88 bits per heavy atom. The Kier molecular flexibility index (Phi) is 1.95.